The van der Waals surface area contributed by atoms with Crippen LogP contribution in [0, 0.1) is 10.7 Å². The Morgan fingerprint density at radius 3 is 2.83 bits per heavy atom. The summed E-state index contributed by atoms with van der Waals surface area (Å²) >= 11 is 5.61. The summed E-state index contributed by atoms with van der Waals surface area (Å²) in [5.41, 5.74) is 0. The van der Waals surface area contributed by atoms with Crippen LogP contribution in [0.3, 0.4) is 0 Å². The Kier molecular flexibility index (Phi) is 6.14. The van der Waals surface area contributed by atoms with Gasteiger partial charge < -0.3 is 14.0 Å². The van der Waals surface area contributed by atoms with Crippen LogP contribution < -0.4 is 14.2 Å². The number of nitrogens with one attached hydrogen (secondary N) is 1. The first-order valence-corrected chi connectivity index (χ1v) is 12.3. The zero-order valence-corrected chi connectivity index (χ0v) is 18.8. The molecule has 0 amide bonds. The molecule has 3 heterocycles. The van der Waals surface area contributed by atoms with Gasteiger partial charge in [-0.25, -0.2) is 17.8 Å². The highest BCUT2D eigenvalue weighted by molar-refractivity contribution is 7.88. The highest BCUT2D eigenvalue weighted by atomic mass is 32.2. The number of fused-ring (bicyclic) bond motifs is 1. The number of rotatable bonds is 6. The number of benzene rings is 1. The van der Waals surface area contributed by atoms with E-state index in [1.807, 2.05) is 35.9 Å². The van der Waals surface area contributed by atoms with Crippen LogP contribution >= 0.6 is 12.2 Å². The molecule has 2 aliphatic heterocycles. The highest BCUT2D eigenvalue weighted by Gasteiger charge is 2.28. The molecule has 0 bridgehead atoms. The maximum absolute atomic E-state index is 11.4. The van der Waals surface area contributed by atoms with Crippen molar-refractivity contribution >= 4 is 22.2 Å². The average molecular weight is 454 g/mol. The van der Waals surface area contributed by atoms with Gasteiger partial charge in [0, 0.05) is 20.1 Å². The molecule has 9 nitrogen and oxygen atoms in total. The minimum absolute atomic E-state index is 0.275. The Bertz CT molecular complexity index is 1070. The van der Waals surface area contributed by atoms with Crippen molar-refractivity contribution in [3.05, 3.63) is 34.9 Å². The normalized spacial score (nSPS) is 22.2. The summed E-state index contributed by atoms with van der Waals surface area (Å²) < 4.78 is 41.6. The third-order valence-electron chi connectivity index (χ3n) is 5.44. The van der Waals surface area contributed by atoms with E-state index in [-0.39, 0.29) is 12.0 Å². The number of sulfonamides is 1. The second-order valence-corrected chi connectivity index (χ2v) is 10.1. The quantitative estimate of drug-likeness (QED) is 0.666. The summed E-state index contributed by atoms with van der Waals surface area (Å²) in [6, 6.07) is 7.59. The van der Waals surface area contributed by atoms with Gasteiger partial charge in [-0.1, -0.05) is 12.1 Å². The van der Waals surface area contributed by atoms with E-state index in [1.165, 1.54) is 6.26 Å². The van der Waals surface area contributed by atoms with E-state index < -0.39 is 10.0 Å². The molecule has 30 heavy (non-hydrogen) atoms. The third kappa shape index (κ3) is 4.85. The molecule has 2 aromatic rings. The number of likely N-dealkylation sites (tertiary alicyclic amines) is 1. The lowest BCUT2D eigenvalue weighted by molar-refractivity contribution is 0.0815. The molecule has 164 valence electrons. The van der Waals surface area contributed by atoms with Crippen LogP contribution in [0.2, 0.25) is 0 Å². The van der Waals surface area contributed by atoms with Crippen molar-refractivity contribution in [1.29, 1.82) is 0 Å². The maximum atomic E-state index is 11.4. The molecule has 0 saturated carbocycles. The highest BCUT2D eigenvalue weighted by Crippen LogP contribution is 2.35. The van der Waals surface area contributed by atoms with Crippen molar-refractivity contribution in [1.82, 2.24) is 24.0 Å². The van der Waals surface area contributed by atoms with Crippen LogP contribution in [0.15, 0.2) is 24.3 Å². The number of ether oxygens (including phenoxy) is 2. The van der Waals surface area contributed by atoms with E-state index in [9.17, 15) is 8.42 Å². The Labute approximate surface area is 181 Å². The van der Waals surface area contributed by atoms with Crippen LogP contribution in [0.1, 0.15) is 24.8 Å². The Morgan fingerprint density at radius 2 is 2.07 bits per heavy atom. The monoisotopic (exact) mass is 453 g/mol. The number of hydrogen-bond donors (Lipinski definition) is 1. The number of nitrogens with zero attached hydrogens (tertiary/aromatic N) is 4. The molecule has 0 spiro atoms. The minimum Gasteiger partial charge on any atom is -0.485 e. The van der Waals surface area contributed by atoms with Crippen molar-refractivity contribution < 1.29 is 17.9 Å². The fraction of sp³-hybridized carbons (Fsp3) is 0.579. The summed E-state index contributed by atoms with van der Waals surface area (Å²) in [6.07, 6.45) is 2.88. The van der Waals surface area contributed by atoms with Gasteiger partial charge in [-0.05, 0) is 49.7 Å². The lowest BCUT2D eigenvalue weighted by atomic mass is 9.99. The van der Waals surface area contributed by atoms with Crippen LogP contribution in [0.5, 0.6) is 11.5 Å². The van der Waals surface area contributed by atoms with Gasteiger partial charge in [0.15, 0.2) is 28.2 Å². The molecule has 1 fully saturated rings. The fourth-order valence-corrected chi connectivity index (χ4v) is 4.66. The summed E-state index contributed by atoms with van der Waals surface area (Å²) in [5.74, 6) is 2.43. The Hall–Kier alpha value is -1.95. The predicted octanol–water partition coefficient (Wildman–Crippen LogP) is 1.68. The van der Waals surface area contributed by atoms with Gasteiger partial charge in [0.05, 0.1) is 12.9 Å². The first-order chi connectivity index (χ1) is 14.3. The van der Waals surface area contributed by atoms with E-state index in [1.54, 1.807) is 4.68 Å². The van der Waals surface area contributed by atoms with Crippen LogP contribution in [-0.2, 0) is 23.7 Å². The summed E-state index contributed by atoms with van der Waals surface area (Å²) in [4.78, 5) is 2.26. The van der Waals surface area contributed by atoms with Crippen molar-refractivity contribution in [3.63, 3.8) is 0 Å². The van der Waals surface area contributed by atoms with Crippen LogP contribution in [0.25, 0.3) is 0 Å². The smallest absolute Gasteiger partial charge is 0.208 e. The molecule has 2 aliphatic rings. The first-order valence-electron chi connectivity index (χ1n) is 9.99. The SMILES string of the molecule is Cn1c([C@H]2COc3ccccc3O2)nn(CN2CCC[C@H](CNS(C)(=O)=O)C2)c1=S. The molecule has 4 rings (SSSR count). The number of piperidine rings is 1. The largest absolute Gasteiger partial charge is 0.485 e. The van der Waals surface area contributed by atoms with Gasteiger partial charge in [0.25, 0.3) is 0 Å². The molecule has 0 unspecified atom stereocenters. The molecule has 0 aliphatic carbocycles. The zero-order valence-electron chi connectivity index (χ0n) is 17.2. The number of hydrogen-bond acceptors (Lipinski definition) is 7. The van der Waals surface area contributed by atoms with Gasteiger partial charge in [0.2, 0.25) is 10.0 Å². The van der Waals surface area contributed by atoms with Gasteiger partial charge in [-0.15, -0.1) is 0 Å². The second-order valence-electron chi connectivity index (χ2n) is 7.91. The van der Waals surface area contributed by atoms with Gasteiger partial charge in [-0.2, -0.15) is 5.10 Å². The van der Waals surface area contributed by atoms with E-state index in [4.69, 9.17) is 26.8 Å². The van der Waals surface area contributed by atoms with E-state index in [0.717, 1.165) is 37.5 Å². The summed E-state index contributed by atoms with van der Waals surface area (Å²) in [7, 11) is -1.29. The number of para-hydroxylation sites is 2. The second kappa shape index (κ2) is 8.66. The molecule has 2 atom stereocenters. The predicted molar refractivity (Wildman–Crippen MR) is 114 cm³/mol. The lowest BCUT2D eigenvalue weighted by Crippen LogP contribution is -2.41. The van der Waals surface area contributed by atoms with Gasteiger partial charge in [-0.3, -0.25) is 4.90 Å². The van der Waals surface area contributed by atoms with Crippen LogP contribution in [-0.4, -0.2) is 60.2 Å². The minimum atomic E-state index is -3.17. The van der Waals surface area contributed by atoms with E-state index >= 15 is 0 Å². The maximum Gasteiger partial charge on any atom is 0.208 e. The first kappa shape index (κ1) is 21.3. The van der Waals surface area contributed by atoms with Gasteiger partial charge >= 0.3 is 0 Å². The van der Waals surface area contributed by atoms with Crippen molar-refractivity contribution in [2.24, 2.45) is 13.0 Å². The standard InChI is InChI=1S/C19H27N5O4S2/c1-22-18(17-12-27-15-7-3-4-8-16(15)28-17)21-24(19(22)29)13-23-9-5-6-14(11-23)10-20-30(2,25)26/h3-4,7-8,14,17,20H,5-6,9-13H2,1-2H3/t14-,17-/m1/s1. The van der Waals surface area contributed by atoms with E-state index in [2.05, 4.69) is 9.62 Å². The molecule has 1 N–H and O–H groups in total. The van der Waals surface area contributed by atoms with Crippen molar-refractivity contribution in [2.45, 2.75) is 25.6 Å². The Balaban J connectivity index is 1.44. The van der Waals surface area contributed by atoms with Gasteiger partial charge in [0.1, 0.15) is 6.61 Å². The average Bonchev–Trinajstić information content (AvgIpc) is 3.00. The molecular weight excluding hydrogens is 426 g/mol. The topological polar surface area (TPSA) is 90.6 Å². The zero-order chi connectivity index (χ0) is 21.3. The van der Waals surface area contributed by atoms with Crippen LogP contribution in [0.4, 0.5) is 0 Å². The molecule has 11 heteroatoms. The van der Waals surface area contributed by atoms with E-state index in [0.29, 0.717) is 30.3 Å². The fourth-order valence-electron chi connectivity index (χ4n) is 3.93. The molecule has 0 radical (unpaired) electrons. The molecule has 1 aromatic carbocycles. The van der Waals surface area contributed by atoms with Crippen molar-refractivity contribution in [3.8, 4) is 11.5 Å². The summed E-state index contributed by atoms with van der Waals surface area (Å²) in [6.45, 7) is 3.12. The van der Waals surface area contributed by atoms with Crippen molar-refractivity contribution in [2.75, 3.05) is 32.5 Å². The lowest BCUT2D eigenvalue weighted by Gasteiger charge is -2.32. The Morgan fingerprint density at radius 1 is 1.30 bits per heavy atom. The third-order valence-corrected chi connectivity index (χ3v) is 6.62. The molecule has 1 saturated heterocycles. The molecular formula is C19H27N5O4S2. The number of aromatic nitrogens is 3. The molecule has 1 aromatic heterocycles. The summed E-state index contributed by atoms with van der Waals surface area (Å²) in [5, 5.41) is 4.73.